The van der Waals surface area contributed by atoms with Gasteiger partial charge < -0.3 is 20.1 Å². The molecule has 1 saturated heterocycles. The van der Waals surface area contributed by atoms with E-state index >= 15 is 0 Å². The van der Waals surface area contributed by atoms with Crippen LogP contribution in [0.2, 0.25) is 5.02 Å². The molecule has 1 aromatic carbocycles. The molecule has 136 valence electrons. The fourth-order valence-electron chi connectivity index (χ4n) is 3.89. The topological polar surface area (TPSA) is 42.5 Å². The zero-order valence-corrected chi connectivity index (χ0v) is 15.7. The molecule has 4 nitrogen and oxygen atoms in total. The molecule has 6 heteroatoms. The van der Waals surface area contributed by atoms with E-state index in [9.17, 15) is 0 Å². The molecule has 4 atom stereocenters. The molecule has 0 amide bonds. The van der Waals surface area contributed by atoms with Crippen LogP contribution in [0.1, 0.15) is 30.9 Å². The summed E-state index contributed by atoms with van der Waals surface area (Å²) in [4.78, 5) is 0. The predicted molar refractivity (Wildman–Crippen MR) is 100 cm³/mol. The van der Waals surface area contributed by atoms with E-state index in [1.807, 2.05) is 18.2 Å². The van der Waals surface area contributed by atoms with Gasteiger partial charge in [0.15, 0.2) is 0 Å². The maximum atomic E-state index is 6.10. The number of halogens is 2. The molecule has 3 rings (SSSR count). The van der Waals surface area contributed by atoms with Gasteiger partial charge in [-0.2, -0.15) is 0 Å². The molecule has 0 spiro atoms. The quantitative estimate of drug-likeness (QED) is 0.802. The Morgan fingerprint density at radius 1 is 1.42 bits per heavy atom. The Kier molecular flexibility index (Phi) is 8.28. The average molecular weight is 375 g/mol. The van der Waals surface area contributed by atoms with Gasteiger partial charge in [0, 0.05) is 37.3 Å². The van der Waals surface area contributed by atoms with E-state index in [1.54, 1.807) is 7.11 Å². The number of methoxy groups -OCH3 is 1. The van der Waals surface area contributed by atoms with E-state index in [0.717, 1.165) is 36.9 Å². The Morgan fingerprint density at radius 3 is 3.00 bits per heavy atom. The third-order valence-electron chi connectivity index (χ3n) is 5.11. The van der Waals surface area contributed by atoms with Crippen molar-refractivity contribution in [1.29, 1.82) is 0 Å². The summed E-state index contributed by atoms with van der Waals surface area (Å²) >= 11 is 6.10. The normalized spacial score (nSPS) is 28.3. The van der Waals surface area contributed by atoms with E-state index in [0.29, 0.717) is 18.0 Å². The molecule has 0 bridgehead atoms. The number of hydrogen-bond donors (Lipinski definition) is 2. The number of rotatable bonds is 6. The Labute approximate surface area is 156 Å². The lowest BCUT2D eigenvalue weighted by atomic mass is 9.93. The number of hydrogen-bond acceptors (Lipinski definition) is 4. The summed E-state index contributed by atoms with van der Waals surface area (Å²) in [5.74, 6) is 0.646. The molecule has 1 aromatic rings. The fourth-order valence-corrected chi connectivity index (χ4v) is 4.09. The minimum atomic E-state index is 0. The highest BCUT2D eigenvalue weighted by molar-refractivity contribution is 6.30. The largest absolute Gasteiger partial charge is 0.379 e. The Hall–Kier alpha value is -0.360. The molecule has 4 unspecified atom stereocenters. The average Bonchev–Trinajstić information content (AvgIpc) is 3.05. The smallest absolute Gasteiger partial charge is 0.0946 e. The highest BCUT2D eigenvalue weighted by atomic mass is 35.5. The van der Waals surface area contributed by atoms with Crippen molar-refractivity contribution in [1.82, 2.24) is 10.6 Å². The summed E-state index contributed by atoms with van der Waals surface area (Å²) < 4.78 is 11.3. The van der Waals surface area contributed by atoms with Gasteiger partial charge in [-0.05, 0) is 36.5 Å². The summed E-state index contributed by atoms with van der Waals surface area (Å²) in [5, 5.41) is 8.11. The lowest BCUT2D eigenvalue weighted by molar-refractivity contribution is 0.0496. The van der Waals surface area contributed by atoms with Crippen LogP contribution in [0.5, 0.6) is 0 Å². The molecule has 2 N–H and O–H groups in total. The van der Waals surface area contributed by atoms with Crippen molar-refractivity contribution in [3.8, 4) is 0 Å². The molecule has 1 aliphatic carbocycles. The first-order valence-corrected chi connectivity index (χ1v) is 8.98. The second kappa shape index (κ2) is 9.95. The van der Waals surface area contributed by atoms with Crippen molar-refractivity contribution in [3.05, 3.63) is 34.9 Å². The molecular weight excluding hydrogens is 347 g/mol. The first-order valence-electron chi connectivity index (χ1n) is 8.60. The van der Waals surface area contributed by atoms with Gasteiger partial charge in [0.1, 0.15) is 0 Å². The number of ether oxygens (including phenoxy) is 2. The van der Waals surface area contributed by atoms with Crippen LogP contribution in [0.25, 0.3) is 0 Å². The SMILES string of the molecule is COC(CNC1CCCC1C1COCCN1)c1cccc(Cl)c1.Cl. The van der Waals surface area contributed by atoms with Crippen molar-refractivity contribution in [2.75, 3.05) is 33.4 Å². The first-order chi connectivity index (χ1) is 11.3. The van der Waals surface area contributed by atoms with Crippen LogP contribution in [-0.4, -0.2) is 45.5 Å². The number of benzene rings is 1. The van der Waals surface area contributed by atoms with Crippen LogP contribution < -0.4 is 10.6 Å². The van der Waals surface area contributed by atoms with Crippen LogP contribution in [0, 0.1) is 5.92 Å². The number of nitrogens with one attached hydrogen (secondary N) is 2. The van der Waals surface area contributed by atoms with Crippen molar-refractivity contribution in [3.63, 3.8) is 0 Å². The van der Waals surface area contributed by atoms with Crippen LogP contribution >= 0.6 is 24.0 Å². The predicted octanol–water partition coefficient (Wildman–Crippen LogP) is 3.20. The fraction of sp³-hybridized carbons (Fsp3) is 0.667. The van der Waals surface area contributed by atoms with E-state index in [4.69, 9.17) is 21.1 Å². The molecule has 2 fully saturated rings. The maximum absolute atomic E-state index is 6.10. The molecule has 1 saturated carbocycles. The molecule has 1 aliphatic heterocycles. The third kappa shape index (κ3) is 5.07. The minimum absolute atomic E-state index is 0. The van der Waals surface area contributed by atoms with Gasteiger partial charge in [0.05, 0.1) is 19.3 Å². The second-order valence-electron chi connectivity index (χ2n) is 6.52. The van der Waals surface area contributed by atoms with Crippen molar-refractivity contribution in [2.24, 2.45) is 5.92 Å². The lowest BCUT2D eigenvalue weighted by Crippen LogP contribution is -2.51. The summed E-state index contributed by atoms with van der Waals surface area (Å²) in [6.45, 7) is 3.45. The van der Waals surface area contributed by atoms with E-state index in [-0.39, 0.29) is 18.5 Å². The summed E-state index contributed by atoms with van der Waals surface area (Å²) in [6.07, 6.45) is 3.82. The minimum Gasteiger partial charge on any atom is -0.379 e. The molecule has 24 heavy (non-hydrogen) atoms. The Morgan fingerprint density at radius 2 is 2.29 bits per heavy atom. The van der Waals surface area contributed by atoms with Crippen LogP contribution in [-0.2, 0) is 9.47 Å². The zero-order chi connectivity index (χ0) is 16.1. The zero-order valence-electron chi connectivity index (χ0n) is 14.2. The molecule has 2 aliphatic rings. The number of morpholine rings is 1. The molecular formula is C18H28Cl2N2O2. The summed E-state index contributed by atoms with van der Waals surface area (Å²) in [5.41, 5.74) is 1.13. The van der Waals surface area contributed by atoms with E-state index in [2.05, 4.69) is 16.7 Å². The van der Waals surface area contributed by atoms with Gasteiger partial charge >= 0.3 is 0 Å². The van der Waals surface area contributed by atoms with Gasteiger partial charge in [-0.3, -0.25) is 0 Å². The van der Waals surface area contributed by atoms with Crippen molar-refractivity contribution >= 4 is 24.0 Å². The Balaban J connectivity index is 0.00000208. The summed E-state index contributed by atoms with van der Waals surface area (Å²) in [6, 6.07) is 8.95. The monoisotopic (exact) mass is 374 g/mol. The highest BCUT2D eigenvalue weighted by Crippen LogP contribution is 2.30. The van der Waals surface area contributed by atoms with Gasteiger partial charge in [0.2, 0.25) is 0 Å². The Bertz CT molecular complexity index is 498. The highest BCUT2D eigenvalue weighted by Gasteiger charge is 2.34. The van der Waals surface area contributed by atoms with Crippen LogP contribution in [0.3, 0.4) is 0 Å². The van der Waals surface area contributed by atoms with E-state index in [1.165, 1.54) is 19.3 Å². The molecule has 1 heterocycles. The molecule has 0 radical (unpaired) electrons. The van der Waals surface area contributed by atoms with Crippen LogP contribution in [0.4, 0.5) is 0 Å². The second-order valence-corrected chi connectivity index (χ2v) is 6.96. The maximum Gasteiger partial charge on any atom is 0.0946 e. The van der Waals surface area contributed by atoms with Crippen molar-refractivity contribution < 1.29 is 9.47 Å². The lowest BCUT2D eigenvalue weighted by Gasteiger charge is -2.33. The summed E-state index contributed by atoms with van der Waals surface area (Å²) in [7, 11) is 1.76. The van der Waals surface area contributed by atoms with Gasteiger partial charge in [-0.1, -0.05) is 30.2 Å². The molecule has 0 aromatic heterocycles. The van der Waals surface area contributed by atoms with Gasteiger partial charge in [-0.15, -0.1) is 12.4 Å². The van der Waals surface area contributed by atoms with E-state index < -0.39 is 0 Å². The third-order valence-corrected chi connectivity index (χ3v) is 5.34. The van der Waals surface area contributed by atoms with Gasteiger partial charge in [-0.25, -0.2) is 0 Å². The standard InChI is InChI=1S/C18H27ClN2O2.ClH/c1-22-18(13-4-2-5-14(19)10-13)11-21-16-7-3-6-15(16)17-12-23-9-8-20-17;/h2,4-5,10,15-18,20-21H,3,6-9,11-12H2,1H3;1H. The van der Waals surface area contributed by atoms with Crippen LogP contribution in [0.15, 0.2) is 24.3 Å². The van der Waals surface area contributed by atoms with Crippen molar-refractivity contribution in [2.45, 2.75) is 37.5 Å². The van der Waals surface area contributed by atoms with Gasteiger partial charge in [0.25, 0.3) is 0 Å². The first kappa shape index (κ1) is 20.0.